The van der Waals surface area contributed by atoms with E-state index in [1.54, 1.807) is 18.8 Å². The van der Waals surface area contributed by atoms with E-state index in [0.29, 0.717) is 79.0 Å². The molecule has 4 aliphatic heterocycles. The molecule has 0 radical (unpaired) electrons. The molecule has 1 amide bonds. The van der Waals surface area contributed by atoms with Crippen LogP contribution in [0.15, 0.2) is 0 Å². The second-order valence-corrected chi connectivity index (χ2v) is 15.7. The van der Waals surface area contributed by atoms with E-state index in [1.807, 2.05) is 4.90 Å². The molecule has 256 valence electrons. The Kier molecular flexibility index (Phi) is 7.66. The van der Waals surface area contributed by atoms with Gasteiger partial charge >= 0.3 is 6.01 Å². The minimum absolute atomic E-state index is 0.130. The number of alkyl halides is 1. The zero-order valence-corrected chi connectivity index (χ0v) is 29.1. The molecule has 3 saturated heterocycles. The number of fused-ring (bicyclic) bond motifs is 4. The van der Waals surface area contributed by atoms with Crippen LogP contribution in [0.5, 0.6) is 6.01 Å². The predicted molar refractivity (Wildman–Crippen MR) is 182 cm³/mol. The highest BCUT2D eigenvalue weighted by Crippen LogP contribution is 2.53. The fraction of sp³-hybridized carbons (Fsp3) is 0.576. The Morgan fingerprint density at radius 2 is 1.88 bits per heavy atom. The van der Waals surface area contributed by atoms with Gasteiger partial charge in [-0.25, -0.2) is 4.39 Å². The number of nitriles is 2. The van der Waals surface area contributed by atoms with Crippen LogP contribution in [0.1, 0.15) is 69.9 Å². The summed E-state index contributed by atoms with van der Waals surface area (Å²) in [4.78, 5) is 31.4. The molecule has 8 rings (SSSR count). The van der Waals surface area contributed by atoms with E-state index >= 15 is 0 Å². The second kappa shape index (κ2) is 11.7. The SMILES string of the molecule is CN(C)C(=O)c1nn2c(c1Cl)CN(c1nc(OC[C@@]34CCCN3C[C@H](F)C4)nc(N3CC4(CCc5sc(N)c(C#N)c54)C3)c1C#N)CCC2. The Hall–Kier alpha value is -4.18. The van der Waals surface area contributed by atoms with Crippen molar-refractivity contribution in [3.63, 3.8) is 0 Å². The van der Waals surface area contributed by atoms with E-state index in [0.717, 1.165) is 42.7 Å². The Morgan fingerprint density at radius 1 is 1.12 bits per heavy atom. The number of nitrogens with two attached hydrogens (primary N) is 1. The van der Waals surface area contributed by atoms with Gasteiger partial charge in [-0.05, 0) is 44.2 Å². The van der Waals surface area contributed by atoms with Crippen LogP contribution in [0.2, 0.25) is 5.02 Å². The van der Waals surface area contributed by atoms with Crippen LogP contribution >= 0.6 is 22.9 Å². The number of carbonyl (C=O) groups is 1. The van der Waals surface area contributed by atoms with Crippen molar-refractivity contribution in [2.75, 3.05) is 69.0 Å². The minimum Gasteiger partial charge on any atom is -0.461 e. The standard InChI is InChI=1S/C33H37ClFN11O2S/c1-42(2)30(47)26-25(34)22-15-43(8-4-10-46(22)41-26)28-21(13-37)29(40-31(39-28)48-18-33-6-3-9-45(33)14-19(35)11-33)44-16-32(17-44)7-5-23-24(32)20(12-36)27(38)49-23/h19H,3-11,14-18,38H2,1-2H3/t19-,33+/m1/s1. The van der Waals surface area contributed by atoms with Gasteiger partial charge in [-0.1, -0.05) is 11.6 Å². The Balaban J connectivity index is 1.16. The van der Waals surface area contributed by atoms with Gasteiger partial charge in [-0.2, -0.15) is 25.6 Å². The molecule has 0 aromatic carbocycles. The van der Waals surface area contributed by atoms with Gasteiger partial charge in [0.25, 0.3) is 5.91 Å². The van der Waals surface area contributed by atoms with Crippen molar-refractivity contribution < 1.29 is 13.9 Å². The molecule has 0 bridgehead atoms. The third-order valence-electron chi connectivity index (χ3n) is 11.0. The van der Waals surface area contributed by atoms with Crippen molar-refractivity contribution in [1.82, 2.24) is 29.5 Å². The molecule has 3 aromatic rings. The summed E-state index contributed by atoms with van der Waals surface area (Å²) in [5.74, 6) is 0.590. The molecule has 13 nitrogen and oxygen atoms in total. The number of rotatable bonds is 6. The second-order valence-electron chi connectivity index (χ2n) is 14.2. The van der Waals surface area contributed by atoms with Crippen LogP contribution in [0.25, 0.3) is 0 Å². The van der Waals surface area contributed by atoms with Crippen LogP contribution < -0.4 is 20.3 Å². The molecule has 1 aliphatic carbocycles. The third-order valence-corrected chi connectivity index (χ3v) is 12.5. The lowest BCUT2D eigenvalue weighted by Gasteiger charge is -2.49. The van der Waals surface area contributed by atoms with E-state index in [1.165, 1.54) is 16.2 Å². The van der Waals surface area contributed by atoms with Crippen molar-refractivity contribution in [3.8, 4) is 18.1 Å². The molecule has 5 aliphatic rings. The summed E-state index contributed by atoms with van der Waals surface area (Å²) in [6.07, 6.45) is 3.77. The topological polar surface area (TPSA) is 156 Å². The number of nitrogen functional groups attached to an aromatic ring is 1. The Labute approximate surface area is 292 Å². The molecule has 1 spiro atoms. The normalized spacial score (nSPS) is 23.8. The fourth-order valence-electron chi connectivity index (χ4n) is 8.67. The Morgan fingerprint density at radius 3 is 2.61 bits per heavy atom. The first-order valence-corrected chi connectivity index (χ1v) is 17.9. The number of hydrogen-bond acceptors (Lipinski definition) is 12. The molecular weight excluding hydrogens is 669 g/mol. The smallest absolute Gasteiger partial charge is 0.320 e. The fourth-order valence-corrected chi connectivity index (χ4v) is 10.1. The predicted octanol–water partition coefficient (Wildman–Crippen LogP) is 3.49. The third kappa shape index (κ3) is 5.00. The number of amides is 1. The van der Waals surface area contributed by atoms with E-state index < -0.39 is 11.7 Å². The Bertz CT molecular complexity index is 1940. The van der Waals surface area contributed by atoms with Crippen LogP contribution in [-0.2, 0) is 24.9 Å². The van der Waals surface area contributed by atoms with Crippen molar-refractivity contribution in [1.29, 1.82) is 10.5 Å². The summed E-state index contributed by atoms with van der Waals surface area (Å²) in [6, 6.07) is 4.85. The monoisotopic (exact) mass is 705 g/mol. The first-order chi connectivity index (χ1) is 23.6. The molecule has 7 heterocycles. The summed E-state index contributed by atoms with van der Waals surface area (Å²) in [7, 11) is 3.31. The minimum atomic E-state index is -0.897. The largest absolute Gasteiger partial charge is 0.461 e. The lowest BCUT2D eigenvalue weighted by Crippen LogP contribution is -2.59. The number of nitrogens with zero attached hydrogens (tertiary/aromatic N) is 10. The maximum atomic E-state index is 14.6. The zero-order chi connectivity index (χ0) is 34.2. The van der Waals surface area contributed by atoms with Gasteiger partial charge in [-0.3, -0.25) is 14.4 Å². The van der Waals surface area contributed by atoms with Gasteiger partial charge in [0.05, 0.1) is 28.4 Å². The summed E-state index contributed by atoms with van der Waals surface area (Å²) in [5.41, 5.74) is 8.36. The summed E-state index contributed by atoms with van der Waals surface area (Å²) >= 11 is 8.29. The molecule has 2 atom stereocenters. The number of aromatic nitrogens is 4. The highest BCUT2D eigenvalue weighted by atomic mass is 35.5. The quantitative estimate of drug-likeness (QED) is 0.401. The molecule has 3 fully saturated rings. The molecular formula is C33H37ClFN11O2S. The van der Waals surface area contributed by atoms with E-state index in [4.69, 9.17) is 32.0 Å². The van der Waals surface area contributed by atoms with Gasteiger partial charge in [-0.15, -0.1) is 11.3 Å². The van der Waals surface area contributed by atoms with Crippen molar-refractivity contribution in [2.24, 2.45) is 0 Å². The van der Waals surface area contributed by atoms with Crippen LogP contribution in [-0.4, -0.2) is 101 Å². The van der Waals surface area contributed by atoms with Gasteiger partial charge in [0, 0.05) is 63.5 Å². The molecule has 16 heteroatoms. The number of aryl methyl sites for hydroxylation is 2. The summed E-state index contributed by atoms with van der Waals surface area (Å²) < 4.78 is 22.7. The zero-order valence-electron chi connectivity index (χ0n) is 27.5. The maximum absolute atomic E-state index is 14.6. The first kappa shape index (κ1) is 32.0. The number of halogens is 2. The van der Waals surface area contributed by atoms with Crippen molar-refractivity contribution >= 4 is 45.5 Å². The van der Waals surface area contributed by atoms with Crippen molar-refractivity contribution in [3.05, 3.63) is 38.0 Å². The molecule has 0 saturated carbocycles. The number of anilines is 3. The maximum Gasteiger partial charge on any atom is 0.320 e. The van der Waals surface area contributed by atoms with Crippen LogP contribution in [0.4, 0.5) is 21.0 Å². The number of thiophene rings is 1. The van der Waals surface area contributed by atoms with Gasteiger partial charge in [0.2, 0.25) is 0 Å². The number of carbonyl (C=O) groups excluding carboxylic acids is 1. The number of hydrogen-bond donors (Lipinski definition) is 1. The highest BCUT2D eigenvalue weighted by Gasteiger charge is 2.53. The lowest BCUT2D eigenvalue weighted by molar-refractivity contribution is 0.0821. The van der Waals surface area contributed by atoms with Gasteiger partial charge in [0.1, 0.15) is 35.5 Å². The van der Waals surface area contributed by atoms with E-state index in [9.17, 15) is 19.7 Å². The molecule has 49 heavy (non-hydrogen) atoms. The average Bonchev–Trinajstić information content (AvgIpc) is 3.81. The van der Waals surface area contributed by atoms with Gasteiger partial charge < -0.3 is 25.2 Å². The summed E-state index contributed by atoms with van der Waals surface area (Å²) in [5, 5.41) is 26.0. The first-order valence-electron chi connectivity index (χ1n) is 16.7. The molecule has 3 aromatic heterocycles. The van der Waals surface area contributed by atoms with Crippen LogP contribution in [0.3, 0.4) is 0 Å². The van der Waals surface area contributed by atoms with Crippen molar-refractivity contribution in [2.45, 2.75) is 68.7 Å². The lowest BCUT2D eigenvalue weighted by atomic mass is 9.74. The van der Waals surface area contributed by atoms with Crippen LogP contribution in [0, 0.1) is 22.7 Å². The molecule has 0 unspecified atom stereocenters. The average molecular weight is 706 g/mol. The van der Waals surface area contributed by atoms with E-state index in [2.05, 4.69) is 27.0 Å². The highest BCUT2D eigenvalue weighted by molar-refractivity contribution is 7.16. The van der Waals surface area contributed by atoms with Gasteiger partial charge in [0.15, 0.2) is 17.3 Å². The number of ether oxygens (including phenoxy) is 1. The molecule has 2 N–H and O–H groups in total. The summed E-state index contributed by atoms with van der Waals surface area (Å²) in [6.45, 7) is 4.01. The van der Waals surface area contributed by atoms with E-state index in [-0.39, 0.29) is 41.2 Å².